The molecule has 0 spiro atoms. The number of allylic oxidation sites excluding steroid dienone is 4. The third-order valence-corrected chi connectivity index (χ3v) is 11.6. The van der Waals surface area contributed by atoms with Gasteiger partial charge >= 0.3 is 0 Å². The molecule has 1 unspecified atom stereocenters. The van der Waals surface area contributed by atoms with Crippen molar-refractivity contribution in [2.75, 3.05) is 38.2 Å². The number of hydrogen-bond acceptors (Lipinski definition) is 8. The molecule has 9 heteroatoms. The summed E-state index contributed by atoms with van der Waals surface area (Å²) in [6, 6.07) is 14.7. The van der Waals surface area contributed by atoms with Crippen molar-refractivity contribution in [1.82, 2.24) is 9.80 Å². The van der Waals surface area contributed by atoms with Gasteiger partial charge in [0, 0.05) is 65.5 Å². The first-order valence-corrected chi connectivity index (χ1v) is 19.4. The van der Waals surface area contributed by atoms with Crippen molar-refractivity contribution in [3.8, 4) is 17.2 Å². The molecule has 0 aromatic heterocycles. The van der Waals surface area contributed by atoms with Crippen LogP contribution in [0.2, 0.25) is 0 Å². The highest BCUT2D eigenvalue weighted by Gasteiger charge is 2.35. The summed E-state index contributed by atoms with van der Waals surface area (Å²) in [5.74, 6) is 2.16. The van der Waals surface area contributed by atoms with Gasteiger partial charge in [-0.3, -0.25) is 4.99 Å². The number of hydrogen-bond donors (Lipinski definition) is 1. The zero-order chi connectivity index (χ0) is 37.5. The average Bonchev–Trinajstić information content (AvgIpc) is 3.75. The summed E-state index contributed by atoms with van der Waals surface area (Å²) in [7, 11) is 8.20. The molecule has 2 N–H and O–H groups in total. The van der Waals surface area contributed by atoms with E-state index in [2.05, 4.69) is 81.1 Å². The standard InChI is InChI=1S/C45H50N5O3P/c1-28(49-17-16-32-10-6-8-12-40(32)49)38-24-44(52-5)45(25-42(38)48(3)54)53-27-31-18-30(19-35(46)20-31)14-15-34-22-39-37(23-43(34)51-4)29(2)50-36(26-47-39)21-33-11-7-9-13-41(33)50/h8-9,12-13,18-20,22-26,36H,1-2,6-7,10-11,14-17,21,27,46,54H2,3-5H3/t36-/m0/s1. The Morgan fingerprint density at radius 1 is 0.907 bits per heavy atom. The van der Waals surface area contributed by atoms with Crippen molar-refractivity contribution < 1.29 is 14.2 Å². The zero-order valence-electron chi connectivity index (χ0n) is 31.7. The third kappa shape index (κ3) is 6.73. The lowest BCUT2D eigenvalue weighted by Crippen LogP contribution is -2.28. The lowest BCUT2D eigenvalue weighted by molar-refractivity contribution is 0.284. The summed E-state index contributed by atoms with van der Waals surface area (Å²) in [6.07, 6.45) is 19.2. The molecule has 3 aromatic carbocycles. The number of anilines is 2. The summed E-state index contributed by atoms with van der Waals surface area (Å²) < 4.78 is 20.3. The average molecular weight is 740 g/mol. The van der Waals surface area contributed by atoms with Crippen LogP contribution in [0.5, 0.6) is 17.2 Å². The fourth-order valence-electron chi connectivity index (χ4n) is 8.60. The Labute approximate surface area is 321 Å². The van der Waals surface area contributed by atoms with Crippen LogP contribution in [-0.2, 0) is 19.4 Å². The maximum atomic E-state index is 6.47. The fraction of sp³-hybridized carbons (Fsp3) is 0.311. The van der Waals surface area contributed by atoms with Crippen molar-refractivity contribution in [2.24, 2.45) is 4.99 Å². The molecular weight excluding hydrogens is 690 g/mol. The molecule has 2 atom stereocenters. The van der Waals surface area contributed by atoms with Gasteiger partial charge in [-0.15, -0.1) is 0 Å². The monoisotopic (exact) mass is 739 g/mol. The number of nitrogens with two attached hydrogens (primary N) is 1. The van der Waals surface area contributed by atoms with E-state index in [0.29, 0.717) is 23.8 Å². The van der Waals surface area contributed by atoms with Crippen molar-refractivity contribution in [3.63, 3.8) is 0 Å². The quantitative estimate of drug-likeness (QED) is 0.155. The van der Waals surface area contributed by atoms with Gasteiger partial charge < -0.3 is 34.4 Å². The molecule has 0 saturated carbocycles. The van der Waals surface area contributed by atoms with Gasteiger partial charge in [-0.25, -0.2) is 0 Å². The maximum Gasteiger partial charge on any atom is 0.163 e. The van der Waals surface area contributed by atoms with Crippen LogP contribution < -0.4 is 24.6 Å². The van der Waals surface area contributed by atoms with Gasteiger partial charge in [-0.1, -0.05) is 31.4 Å². The van der Waals surface area contributed by atoms with E-state index in [1.165, 1.54) is 22.5 Å². The van der Waals surface area contributed by atoms with Gasteiger partial charge in [0.15, 0.2) is 11.5 Å². The second kappa shape index (κ2) is 14.9. The summed E-state index contributed by atoms with van der Waals surface area (Å²) in [6.45, 7) is 10.4. The lowest BCUT2D eigenvalue weighted by atomic mass is 9.98. The Hall–Kier alpha value is -5.20. The van der Waals surface area contributed by atoms with Crippen molar-refractivity contribution in [2.45, 2.75) is 64.0 Å². The molecule has 3 aromatic rings. The number of ether oxygens (including phenoxy) is 3. The first kappa shape index (κ1) is 35.8. The van der Waals surface area contributed by atoms with Crippen molar-refractivity contribution in [1.29, 1.82) is 0 Å². The molecular formula is C45H50N5O3P. The molecule has 54 heavy (non-hydrogen) atoms. The van der Waals surface area contributed by atoms with Crippen LogP contribution in [0.1, 0.15) is 66.3 Å². The largest absolute Gasteiger partial charge is 0.496 e. The van der Waals surface area contributed by atoms with Crippen LogP contribution in [0, 0.1) is 0 Å². The topological polar surface area (TPSA) is 75.8 Å². The van der Waals surface area contributed by atoms with Gasteiger partial charge in [0.2, 0.25) is 0 Å². The van der Waals surface area contributed by atoms with Gasteiger partial charge in [0.05, 0.1) is 31.6 Å². The number of aryl methyl sites for hydroxylation is 2. The van der Waals surface area contributed by atoms with E-state index in [-0.39, 0.29) is 6.04 Å². The SMILES string of the molecule is C=C(c1cc(OC)c(OCc2cc(N)cc(CCc3cc4c(cc3OC)C(=C)N3C5=C(CCC=C5)C[C@H]3C=N4)c2)cc1N(C)P)N1CCC2=C1C=CCC2. The molecule has 2 aliphatic carbocycles. The van der Waals surface area contributed by atoms with Gasteiger partial charge in [-0.05, 0) is 131 Å². The third-order valence-electron chi connectivity index (χ3n) is 11.3. The zero-order valence-corrected chi connectivity index (χ0v) is 32.8. The summed E-state index contributed by atoms with van der Waals surface area (Å²) >= 11 is 0. The molecule has 0 bridgehead atoms. The van der Waals surface area contributed by atoms with E-state index in [1.807, 2.05) is 36.0 Å². The molecule has 0 fully saturated rings. The molecule has 5 aliphatic rings. The van der Waals surface area contributed by atoms with Crippen LogP contribution in [0.3, 0.4) is 0 Å². The smallest absolute Gasteiger partial charge is 0.163 e. The second-order valence-electron chi connectivity index (χ2n) is 14.8. The number of nitrogen functional groups attached to an aromatic ring is 1. The predicted molar refractivity (Wildman–Crippen MR) is 225 cm³/mol. The normalized spacial score (nSPS) is 18.4. The molecule has 0 radical (unpaired) electrons. The Morgan fingerprint density at radius 3 is 2.44 bits per heavy atom. The van der Waals surface area contributed by atoms with Crippen LogP contribution in [0.25, 0.3) is 11.4 Å². The van der Waals surface area contributed by atoms with E-state index in [1.54, 1.807) is 14.2 Å². The predicted octanol–water partition coefficient (Wildman–Crippen LogP) is 9.52. The molecule has 3 aliphatic heterocycles. The Kier molecular flexibility index (Phi) is 9.89. The fourth-order valence-corrected chi connectivity index (χ4v) is 8.82. The van der Waals surface area contributed by atoms with E-state index in [4.69, 9.17) is 24.9 Å². The molecule has 0 saturated heterocycles. The van der Waals surface area contributed by atoms with Crippen LogP contribution in [0.15, 0.2) is 107 Å². The number of nitrogens with zero attached hydrogens (tertiary/aromatic N) is 4. The number of benzene rings is 3. The van der Waals surface area contributed by atoms with E-state index >= 15 is 0 Å². The van der Waals surface area contributed by atoms with E-state index in [9.17, 15) is 0 Å². The molecule has 8 nitrogen and oxygen atoms in total. The van der Waals surface area contributed by atoms with Gasteiger partial charge in [0.1, 0.15) is 12.4 Å². The van der Waals surface area contributed by atoms with Gasteiger partial charge in [-0.2, -0.15) is 0 Å². The maximum absolute atomic E-state index is 6.47. The Bertz CT molecular complexity index is 2190. The number of aliphatic imine (C=N–C) groups is 1. The number of rotatable bonds is 11. The van der Waals surface area contributed by atoms with Crippen molar-refractivity contribution in [3.05, 3.63) is 130 Å². The minimum absolute atomic E-state index is 0.195. The van der Waals surface area contributed by atoms with Crippen LogP contribution in [0.4, 0.5) is 17.1 Å². The minimum atomic E-state index is 0.195. The molecule has 278 valence electrons. The summed E-state index contributed by atoms with van der Waals surface area (Å²) in [5, 5.41) is 0. The van der Waals surface area contributed by atoms with E-state index in [0.717, 1.165) is 114 Å². The highest BCUT2D eigenvalue weighted by atomic mass is 31.0. The summed E-state index contributed by atoms with van der Waals surface area (Å²) in [4.78, 5) is 9.68. The number of methoxy groups -OCH3 is 2. The summed E-state index contributed by atoms with van der Waals surface area (Å²) in [5.41, 5.74) is 21.8. The van der Waals surface area contributed by atoms with Gasteiger partial charge in [0.25, 0.3) is 0 Å². The highest BCUT2D eigenvalue weighted by Crippen LogP contribution is 2.46. The molecule has 0 amide bonds. The first-order chi connectivity index (χ1) is 26.2. The highest BCUT2D eigenvalue weighted by molar-refractivity contribution is 7.19. The number of fused-ring (bicyclic) bond motifs is 3. The van der Waals surface area contributed by atoms with Crippen LogP contribution >= 0.6 is 9.39 Å². The Balaban J connectivity index is 0.988. The van der Waals surface area contributed by atoms with E-state index < -0.39 is 0 Å². The first-order valence-electron chi connectivity index (χ1n) is 18.9. The lowest BCUT2D eigenvalue weighted by Gasteiger charge is -2.28. The molecule has 8 rings (SSSR count). The second-order valence-corrected chi connectivity index (χ2v) is 15.5. The molecule has 3 heterocycles. The van der Waals surface area contributed by atoms with Crippen LogP contribution in [-0.4, -0.2) is 49.9 Å². The Morgan fingerprint density at radius 2 is 1.67 bits per heavy atom. The minimum Gasteiger partial charge on any atom is -0.496 e. The van der Waals surface area contributed by atoms with Crippen molar-refractivity contribution >= 4 is 44.1 Å².